The fourth-order valence-electron chi connectivity index (χ4n) is 3.53. The van der Waals surface area contributed by atoms with Crippen LogP contribution in [0, 0.1) is 13.8 Å². The van der Waals surface area contributed by atoms with Crippen molar-refractivity contribution in [3.63, 3.8) is 0 Å². The molecule has 0 aliphatic rings. The highest BCUT2D eigenvalue weighted by molar-refractivity contribution is 7.89. The normalized spacial score (nSPS) is 12.6. The van der Waals surface area contributed by atoms with E-state index in [0.29, 0.717) is 6.42 Å². The molecule has 0 aliphatic heterocycles. The third-order valence-corrected chi connectivity index (χ3v) is 7.32. The number of likely N-dealkylation sites (N-methyl/N-ethyl adjacent to an activating group) is 1. The fourth-order valence-corrected chi connectivity index (χ4v) is 4.65. The van der Waals surface area contributed by atoms with Crippen LogP contribution >= 0.6 is 0 Å². The second-order valence-electron chi connectivity index (χ2n) is 8.61. The van der Waals surface area contributed by atoms with Gasteiger partial charge in [-0.1, -0.05) is 48.9 Å². The predicted octanol–water partition coefficient (Wildman–Crippen LogP) is 3.26. The van der Waals surface area contributed by atoms with Crippen LogP contribution in [0.25, 0.3) is 0 Å². The standard InChI is InChI=1S/C25H35N3O4S/c1-7-23(25(30)26-18(2)3)28(16-21-11-9-8-10-20(21)5)24(29)17-27(6)33(31,32)22-14-12-19(4)13-15-22/h8-15,18,23H,7,16-17H2,1-6H3,(H,26,30)/t23-/m1/s1. The first kappa shape index (κ1) is 26.5. The van der Waals surface area contributed by atoms with Gasteiger partial charge in [0, 0.05) is 19.6 Å². The van der Waals surface area contributed by atoms with Gasteiger partial charge in [-0.3, -0.25) is 9.59 Å². The van der Waals surface area contributed by atoms with E-state index in [9.17, 15) is 18.0 Å². The highest BCUT2D eigenvalue weighted by atomic mass is 32.2. The van der Waals surface area contributed by atoms with E-state index in [2.05, 4.69) is 5.32 Å². The van der Waals surface area contributed by atoms with Crippen molar-refractivity contribution in [2.45, 2.75) is 64.6 Å². The van der Waals surface area contributed by atoms with Crippen LogP contribution in [0.5, 0.6) is 0 Å². The molecule has 0 aliphatic carbocycles. The summed E-state index contributed by atoms with van der Waals surface area (Å²) in [6.45, 7) is 9.23. The molecule has 2 aromatic carbocycles. The number of nitrogens with zero attached hydrogens (tertiary/aromatic N) is 2. The van der Waals surface area contributed by atoms with E-state index >= 15 is 0 Å². The number of nitrogens with one attached hydrogen (secondary N) is 1. The molecular formula is C25H35N3O4S. The highest BCUT2D eigenvalue weighted by Gasteiger charge is 2.32. The SMILES string of the molecule is CC[C@H](C(=O)NC(C)C)N(Cc1ccccc1C)C(=O)CN(C)S(=O)(=O)c1ccc(C)cc1. The maximum absolute atomic E-state index is 13.4. The Bertz CT molecular complexity index is 1070. The molecule has 0 spiro atoms. The first-order chi connectivity index (χ1) is 15.5. The summed E-state index contributed by atoms with van der Waals surface area (Å²) in [5, 5.41) is 2.88. The lowest BCUT2D eigenvalue weighted by Gasteiger charge is -2.32. The maximum Gasteiger partial charge on any atom is 0.243 e. The number of sulfonamides is 1. The van der Waals surface area contributed by atoms with Gasteiger partial charge in [-0.2, -0.15) is 4.31 Å². The Morgan fingerprint density at radius 2 is 1.61 bits per heavy atom. The van der Waals surface area contributed by atoms with Crippen molar-refractivity contribution >= 4 is 21.8 Å². The molecule has 33 heavy (non-hydrogen) atoms. The molecule has 2 amide bonds. The Labute approximate surface area is 197 Å². The molecule has 180 valence electrons. The van der Waals surface area contributed by atoms with Crippen LogP contribution in [0.2, 0.25) is 0 Å². The highest BCUT2D eigenvalue weighted by Crippen LogP contribution is 2.18. The van der Waals surface area contributed by atoms with Crippen LogP contribution in [0.4, 0.5) is 0 Å². The van der Waals surface area contributed by atoms with Crippen molar-refractivity contribution in [2.24, 2.45) is 0 Å². The Morgan fingerprint density at radius 3 is 2.15 bits per heavy atom. The van der Waals surface area contributed by atoms with E-state index in [1.807, 2.05) is 58.9 Å². The molecule has 0 aromatic heterocycles. The van der Waals surface area contributed by atoms with Gasteiger partial charge >= 0.3 is 0 Å². The van der Waals surface area contributed by atoms with E-state index in [1.165, 1.54) is 24.1 Å². The minimum atomic E-state index is -3.85. The molecule has 7 nitrogen and oxygen atoms in total. The van der Waals surface area contributed by atoms with Gasteiger partial charge in [0.25, 0.3) is 0 Å². The molecule has 0 unspecified atom stereocenters. The van der Waals surface area contributed by atoms with E-state index in [-0.39, 0.29) is 29.9 Å². The summed E-state index contributed by atoms with van der Waals surface area (Å²) in [6, 6.07) is 13.4. The third kappa shape index (κ3) is 6.88. The molecule has 0 radical (unpaired) electrons. The topological polar surface area (TPSA) is 86.8 Å². The fraction of sp³-hybridized carbons (Fsp3) is 0.440. The number of hydrogen-bond acceptors (Lipinski definition) is 4. The monoisotopic (exact) mass is 473 g/mol. The summed E-state index contributed by atoms with van der Waals surface area (Å²) >= 11 is 0. The summed E-state index contributed by atoms with van der Waals surface area (Å²) in [5.41, 5.74) is 2.85. The van der Waals surface area contributed by atoms with Crippen LogP contribution in [0.15, 0.2) is 53.4 Å². The Hall–Kier alpha value is -2.71. The molecule has 1 N–H and O–H groups in total. The smallest absolute Gasteiger partial charge is 0.243 e. The lowest BCUT2D eigenvalue weighted by molar-refractivity contribution is -0.141. The largest absolute Gasteiger partial charge is 0.352 e. The van der Waals surface area contributed by atoms with Crippen LogP contribution in [-0.4, -0.2) is 55.1 Å². The minimum absolute atomic E-state index is 0.0773. The van der Waals surface area contributed by atoms with Gasteiger partial charge < -0.3 is 10.2 Å². The number of benzene rings is 2. The molecule has 2 aromatic rings. The number of carbonyl (C=O) groups excluding carboxylic acids is 2. The van der Waals surface area contributed by atoms with E-state index in [1.54, 1.807) is 12.1 Å². The van der Waals surface area contributed by atoms with Crippen molar-refractivity contribution < 1.29 is 18.0 Å². The second kappa shape index (κ2) is 11.4. The summed E-state index contributed by atoms with van der Waals surface area (Å²) in [4.78, 5) is 27.9. The Kier molecular flexibility index (Phi) is 9.19. The van der Waals surface area contributed by atoms with Gasteiger partial charge in [0.2, 0.25) is 21.8 Å². The predicted molar refractivity (Wildman–Crippen MR) is 130 cm³/mol. The van der Waals surface area contributed by atoms with Crippen molar-refractivity contribution in [3.05, 3.63) is 65.2 Å². The number of aryl methyl sites for hydroxylation is 2. The van der Waals surface area contributed by atoms with E-state index in [4.69, 9.17) is 0 Å². The lowest BCUT2D eigenvalue weighted by atomic mass is 10.1. The van der Waals surface area contributed by atoms with E-state index < -0.39 is 22.0 Å². The Morgan fingerprint density at radius 1 is 1.00 bits per heavy atom. The van der Waals surface area contributed by atoms with Crippen LogP contribution < -0.4 is 5.32 Å². The summed E-state index contributed by atoms with van der Waals surface area (Å²) in [6.07, 6.45) is 0.407. The van der Waals surface area contributed by atoms with Crippen molar-refractivity contribution in [1.82, 2.24) is 14.5 Å². The summed E-state index contributed by atoms with van der Waals surface area (Å²) < 4.78 is 27.1. The van der Waals surface area contributed by atoms with Gasteiger partial charge in [0.05, 0.1) is 11.4 Å². The quantitative estimate of drug-likeness (QED) is 0.574. The summed E-state index contributed by atoms with van der Waals surface area (Å²) in [5.74, 6) is -0.680. The van der Waals surface area contributed by atoms with Gasteiger partial charge in [-0.05, 0) is 57.4 Å². The average Bonchev–Trinajstić information content (AvgIpc) is 2.74. The first-order valence-corrected chi connectivity index (χ1v) is 12.6. The molecule has 0 heterocycles. The van der Waals surface area contributed by atoms with Gasteiger partial charge in [0.1, 0.15) is 6.04 Å². The zero-order valence-electron chi connectivity index (χ0n) is 20.3. The van der Waals surface area contributed by atoms with Gasteiger partial charge in [-0.15, -0.1) is 0 Å². The Balaban J connectivity index is 2.34. The number of carbonyl (C=O) groups is 2. The zero-order valence-corrected chi connectivity index (χ0v) is 21.1. The minimum Gasteiger partial charge on any atom is -0.352 e. The molecule has 0 bridgehead atoms. The third-order valence-electron chi connectivity index (χ3n) is 5.51. The average molecular weight is 474 g/mol. The van der Waals surface area contributed by atoms with Crippen LogP contribution in [-0.2, 0) is 26.2 Å². The van der Waals surface area contributed by atoms with Crippen molar-refractivity contribution in [2.75, 3.05) is 13.6 Å². The van der Waals surface area contributed by atoms with Crippen molar-refractivity contribution in [1.29, 1.82) is 0 Å². The second-order valence-corrected chi connectivity index (χ2v) is 10.7. The number of amides is 2. The maximum atomic E-state index is 13.4. The van der Waals surface area contributed by atoms with E-state index in [0.717, 1.165) is 21.0 Å². The molecule has 0 saturated carbocycles. The molecule has 0 saturated heterocycles. The van der Waals surface area contributed by atoms with Crippen molar-refractivity contribution in [3.8, 4) is 0 Å². The van der Waals surface area contributed by atoms with Crippen LogP contribution in [0.3, 0.4) is 0 Å². The number of rotatable bonds is 10. The van der Waals surface area contributed by atoms with Gasteiger partial charge in [-0.25, -0.2) is 8.42 Å². The summed E-state index contributed by atoms with van der Waals surface area (Å²) in [7, 11) is -2.47. The molecule has 2 rings (SSSR count). The van der Waals surface area contributed by atoms with Gasteiger partial charge in [0.15, 0.2) is 0 Å². The molecular weight excluding hydrogens is 438 g/mol. The molecule has 8 heteroatoms. The number of hydrogen-bond donors (Lipinski definition) is 1. The van der Waals surface area contributed by atoms with Crippen LogP contribution in [0.1, 0.15) is 43.9 Å². The molecule has 1 atom stereocenters. The zero-order chi connectivity index (χ0) is 24.8. The first-order valence-electron chi connectivity index (χ1n) is 11.1. The lowest BCUT2D eigenvalue weighted by Crippen LogP contribution is -2.52. The molecule has 0 fully saturated rings.